The molecule has 0 aromatic heterocycles. The monoisotopic (exact) mass is 1480 g/mol. The Bertz CT molecular complexity index is 2060. The smallest absolute Gasteiger partial charge is 0.220 e. The van der Waals surface area contributed by atoms with E-state index in [-0.39, 0.29) is 18.9 Å². The summed E-state index contributed by atoms with van der Waals surface area (Å²) < 4.78 is 34.5. The molecule has 0 aromatic rings. The molecule has 19 nitrogen and oxygen atoms in total. The van der Waals surface area contributed by atoms with Gasteiger partial charge in [-0.1, -0.05) is 332 Å². The van der Waals surface area contributed by atoms with Gasteiger partial charge in [-0.25, -0.2) is 0 Å². The number of aliphatic hydroxyl groups excluding tert-OH is 11. The SMILES string of the molecule is CCCCCCC/C=C\C/C=C\CCCCCCCCCCCCCCCCCCCCCCCCCCCC(=O)NC(COC1OC(CO)C(OC2OC(CO)C(OC3OC(CO)C(O)C(O)C3O)C(O)C2O)C(O)C1O)C(O)/C=C/CC/C=C/CCCCCCCCCCCCCCCCCC. The molecular weight excluding hydrogens is 1320 g/mol. The highest BCUT2D eigenvalue weighted by molar-refractivity contribution is 5.76. The van der Waals surface area contributed by atoms with E-state index in [4.69, 9.17) is 28.4 Å². The molecule has 17 atom stereocenters. The molecule has 19 heteroatoms. The summed E-state index contributed by atoms with van der Waals surface area (Å²) in [5, 5.41) is 121. The van der Waals surface area contributed by atoms with Crippen LogP contribution in [-0.4, -0.2) is 193 Å². The summed E-state index contributed by atoms with van der Waals surface area (Å²) in [5.41, 5.74) is 0. The Kier molecular flexibility index (Phi) is 60.4. The van der Waals surface area contributed by atoms with Crippen molar-refractivity contribution in [2.75, 3.05) is 26.4 Å². The van der Waals surface area contributed by atoms with Crippen LogP contribution < -0.4 is 5.32 Å². The predicted octanol–water partition coefficient (Wildman–Crippen LogP) is 15.2. The zero-order valence-corrected chi connectivity index (χ0v) is 65.5. The molecule has 3 saturated heterocycles. The average Bonchev–Trinajstić information content (AvgIpc) is 0.783. The molecule has 104 heavy (non-hydrogen) atoms. The van der Waals surface area contributed by atoms with Crippen molar-refractivity contribution in [2.45, 2.75) is 458 Å². The third-order valence-corrected chi connectivity index (χ3v) is 21.3. The molecule has 3 rings (SSSR count). The topological polar surface area (TPSA) is 307 Å². The van der Waals surface area contributed by atoms with E-state index < -0.39 is 124 Å². The molecular formula is C85H157NO18. The van der Waals surface area contributed by atoms with E-state index in [1.807, 2.05) is 6.08 Å². The first-order valence-electron chi connectivity index (χ1n) is 42.9. The summed E-state index contributed by atoms with van der Waals surface area (Å²) >= 11 is 0. The minimum atomic E-state index is -1.98. The van der Waals surface area contributed by atoms with E-state index in [1.165, 1.54) is 276 Å². The summed E-state index contributed by atoms with van der Waals surface area (Å²) in [4.78, 5) is 13.5. The fourth-order valence-corrected chi connectivity index (χ4v) is 14.5. The Labute approximate surface area is 631 Å². The number of amides is 1. The minimum Gasteiger partial charge on any atom is -0.394 e. The van der Waals surface area contributed by atoms with Gasteiger partial charge in [0.1, 0.15) is 73.2 Å². The number of carbonyl (C=O) groups excluding carboxylic acids is 1. The van der Waals surface area contributed by atoms with Crippen LogP contribution in [0.4, 0.5) is 0 Å². The lowest BCUT2D eigenvalue weighted by Crippen LogP contribution is -2.66. The number of nitrogens with one attached hydrogen (secondary N) is 1. The molecule has 0 saturated carbocycles. The largest absolute Gasteiger partial charge is 0.394 e. The van der Waals surface area contributed by atoms with Crippen LogP contribution >= 0.6 is 0 Å². The maximum atomic E-state index is 13.5. The molecule has 17 unspecified atom stereocenters. The van der Waals surface area contributed by atoms with Crippen LogP contribution in [0.15, 0.2) is 48.6 Å². The second-order valence-corrected chi connectivity index (χ2v) is 30.6. The molecule has 3 fully saturated rings. The van der Waals surface area contributed by atoms with Crippen LogP contribution in [0.2, 0.25) is 0 Å². The Morgan fingerprint density at radius 3 is 1.02 bits per heavy atom. The molecule has 0 aromatic carbocycles. The first kappa shape index (κ1) is 96.0. The van der Waals surface area contributed by atoms with Crippen molar-refractivity contribution in [3.8, 4) is 0 Å². The second-order valence-electron chi connectivity index (χ2n) is 30.6. The lowest BCUT2D eigenvalue weighted by Gasteiger charge is -2.48. The van der Waals surface area contributed by atoms with Crippen molar-refractivity contribution >= 4 is 5.91 Å². The van der Waals surface area contributed by atoms with Crippen molar-refractivity contribution in [3.63, 3.8) is 0 Å². The van der Waals surface area contributed by atoms with Gasteiger partial charge >= 0.3 is 0 Å². The standard InChI is InChI=1S/C85H157NO18/c1-3-5-7-9-11-13-15-17-19-21-23-25-27-28-29-30-31-32-33-34-35-36-37-38-39-40-41-43-45-47-49-51-53-55-57-59-61-63-73(91)86-68(69(90)62-60-58-56-54-52-50-48-46-44-42-26-24-22-20-18-16-14-12-10-8-6-4-2)67-99-83-79(97)76(94)81(71(65-88)101-83)104-85-80(98)77(95)82(72(66-89)102-85)103-84-78(96)75(93)74(92)70(64-87)100-84/h15,17,21,23,52,54,60,62,68-72,74-85,87-90,92-98H,3-14,16,18-20,22,24-51,53,55-59,61,63-67H2,1-2H3,(H,86,91)/b17-15-,23-21-,54-52+,62-60+. The van der Waals surface area contributed by atoms with Crippen molar-refractivity contribution in [3.05, 3.63) is 48.6 Å². The molecule has 3 aliphatic rings. The molecule has 0 spiro atoms. The average molecular weight is 1480 g/mol. The molecule has 3 heterocycles. The van der Waals surface area contributed by atoms with E-state index in [0.717, 1.165) is 44.9 Å². The van der Waals surface area contributed by atoms with E-state index in [1.54, 1.807) is 6.08 Å². The van der Waals surface area contributed by atoms with Crippen LogP contribution in [0.1, 0.15) is 354 Å². The van der Waals surface area contributed by atoms with Gasteiger partial charge in [0.05, 0.1) is 38.6 Å². The number of carbonyl (C=O) groups is 1. The Morgan fingerprint density at radius 2 is 0.644 bits per heavy atom. The molecule has 3 aliphatic heterocycles. The van der Waals surface area contributed by atoms with E-state index in [0.29, 0.717) is 12.8 Å². The number of unbranched alkanes of at least 4 members (excludes halogenated alkanes) is 47. The van der Waals surface area contributed by atoms with Gasteiger partial charge in [0, 0.05) is 6.42 Å². The van der Waals surface area contributed by atoms with E-state index in [9.17, 15) is 61.0 Å². The predicted molar refractivity (Wildman–Crippen MR) is 416 cm³/mol. The molecule has 0 bridgehead atoms. The first-order valence-corrected chi connectivity index (χ1v) is 42.9. The van der Waals surface area contributed by atoms with Gasteiger partial charge in [-0.3, -0.25) is 4.79 Å². The number of ether oxygens (including phenoxy) is 6. The van der Waals surface area contributed by atoms with Crippen molar-refractivity contribution < 1.29 is 89.4 Å². The highest BCUT2D eigenvalue weighted by atomic mass is 16.8. The maximum absolute atomic E-state index is 13.5. The molecule has 12 N–H and O–H groups in total. The van der Waals surface area contributed by atoms with Crippen molar-refractivity contribution in [1.82, 2.24) is 5.32 Å². The fourth-order valence-electron chi connectivity index (χ4n) is 14.5. The van der Waals surface area contributed by atoms with Crippen molar-refractivity contribution in [2.24, 2.45) is 0 Å². The highest BCUT2D eigenvalue weighted by Gasteiger charge is 2.54. The number of hydrogen-bond acceptors (Lipinski definition) is 18. The molecule has 0 aliphatic carbocycles. The van der Waals surface area contributed by atoms with E-state index in [2.05, 4.69) is 55.6 Å². The summed E-state index contributed by atoms with van der Waals surface area (Å²) in [6, 6.07) is -0.990. The highest BCUT2D eigenvalue weighted by Crippen LogP contribution is 2.33. The van der Waals surface area contributed by atoms with Crippen LogP contribution in [0.3, 0.4) is 0 Å². The summed E-state index contributed by atoms with van der Waals surface area (Å²) in [6.45, 7) is 1.76. The van der Waals surface area contributed by atoms with Crippen LogP contribution in [0, 0.1) is 0 Å². The quantitative estimate of drug-likeness (QED) is 0.0199. The number of aliphatic hydroxyl groups is 11. The summed E-state index contributed by atoms with van der Waals surface area (Å²) in [7, 11) is 0. The van der Waals surface area contributed by atoms with Gasteiger partial charge in [0.25, 0.3) is 0 Å². The second kappa shape index (κ2) is 65.5. The van der Waals surface area contributed by atoms with Crippen molar-refractivity contribution in [1.29, 1.82) is 0 Å². The Morgan fingerprint density at radius 1 is 0.346 bits per heavy atom. The number of hydrogen-bond donors (Lipinski definition) is 12. The van der Waals surface area contributed by atoms with Gasteiger partial charge in [0.15, 0.2) is 18.9 Å². The zero-order valence-electron chi connectivity index (χ0n) is 65.5. The summed E-state index contributed by atoms with van der Waals surface area (Å²) in [6.07, 6.45) is 56.9. The van der Waals surface area contributed by atoms with Gasteiger partial charge in [-0.15, -0.1) is 0 Å². The molecule has 610 valence electrons. The Balaban J connectivity index is 1.33. The first-order chi connectivity index (χ1) is 50.8. The maximum Gasteiger partial charge on any atom is 0.220 e. The van der Waals surface area contributed by atoms with Gasteiger partial charge < -0.3 is 89.9 Å². The van der Waals surface area contributed by atoms with Crippen LogP contribution in [0.25, 0.3) is 0 Å². The normalized spacial score (nSPS) is 26.1. The fraction of sp³-hybridized carbons (Fsp3) is 0.894. The third kappa shape index (κ3) is 44.6. The van der Waals surface area contributed by atoms with Gasteiger partial charge in [0.2, 0.25) is 5.91 Å². The zero-order chi connectivity index (χ0) is 75.3. The molecule has 1 amide bonds. The van der Waals surface area contributed by atoms with E-state index >= 15 is 0 Å². The minimum absolute atomic E-state index is 0.239. The summed E-state index contributed by atoms with van der Waals surface area (Å²) in [5.74, 6) is -0.279. The van der Waals surface area contributed by atoms with Gasteiger partial charge in [-0.2, -0.15) is 0 Å². The lowest BCUT2D eigenvalue weighted by molar-refractivity contribution is -0.379. The lowest BCUT2D eigenvalue weighted by atomic mass is 9.96. The van der Waals surface area contributed by atoms with Gasteiger partial charge in [-0.05, 0) is 64.2 Å². The van der Waals surface area contributed by atoms with Crippen LogP contribution in [0.5, 0.6) is 0 Å². The molecule has 0 radical (unpaired) electrons. The number of allylic oxidation sites excluding steroid dienone is 7. The Hall–Kier alpha value is -2.25. The van der Waals surface area contributed by atoms with Crippen LogP contribution in [-0.2, 0) is 33.2 Å². The third-order valence-electron chi connectivity index (χ3n) is 21.3. The number of rotatable bonds is 69.